The number of anilines is 1. The van der Waals surface area contributed by atoms with Gasteiger partial charge in [-0.1, -0.05) is 26.0 Å². The van der Waals surface area contributed by atoms with E-state index in [2.05, 4.69) is 63.5 Å². The van der Waals surface area contributed by atoms with Gasteiger partial charge in [-0.3, -0.25) is 9.69 Å². The molecule has 0 saturated carbocycles. The average Bonchev–Trinajstić information content (AvgIpc) is 3.28. The first kappa shape index (κ1) is 28.5. The van der Waals surface area contributed by atoms with Gasteiger partial charge >= 0.3 is 6.09 Å². The second kappa shape index (κ2) is 12.1. The van der Waals surface area contributed by atoms with Crippen LogP contribution in [-0.2, 0) is 11.3 Å². The van der Waals surface area contributed by atoms with Gasteiger partial charge in [0.15, 0.2) is 6.29 Å². The summed E-state index contributed by atoms with van der Waals surface area (Å²) in [6, 6.07) is 10.5. The van der Waals surface area contributed by atoms with Crippen LogP contribution in [0.1, 0.15) is 69.6 Å². The summed E-state index contributed by atoms with van der Waals surface area (Å²) in [6.45, 7) is 13.7. The van der Waals surface area contributed by atoms with Crippen molar-refractivity contribution in [2.45, 2.75) is 71.9 Å². The zero-order valence-corrected chi connectivity index (χ0v) is 24.1. The Bertz CT molecular complexity index is 1270. The van der Waals surface area contributed by atoms with E-state index >= 15 is 0 Å². The molecule has 3 N–H and O–H groups in total. The van der Waals surface area contributed by atoms with E-state index in [0.717, 1.165) is 48.9 Å². The normalized spacial score (nSPS) is 17.5. The van der Waals surface area contributed by atoms with Crippen molar-refractivity contribution in [2.75, 3.05) is 38.5 Å². The molecule has 1 saturated heterocycles. The molecule has 39 heavy (non-hydrogen) atoms. The third-order valence-electron chi connectivity index (χ3n) is 7.14. The Morgan fingerprint density at radius 2 is 1.77 bits per heavy atom. The molecule has 10 nitrogen and oxygen atoms in total. The number of nitrogens with zero attached hydrogens (tertiary/aromatic N) is 4. The summed E-state index contributed by atoms with van der Waals surface area (Å²) in [6.07, 6.45) is 3.18. The Balaban J connectivity index is 1.38. The molecule has 10 heteroatoms. The van der Waals surface area contributed by atoms with Gasteiger partial charge in [-0.05, 0) is 57.4 Å². The fourth-order valence-electron chi connectivity index (χ4n) is 5.04. The van der Waals surface area contributed by atoms with E-state index < -0.39 is 5.60 Å². The standard InChI is InChI=1S/C29H43N7O3/c1-7-23(8-2)36-24(26(37)30-6)17-21-18-31-27(33-25(21)36)32-22-11-9-20(10-12-22)19-34-13-15-35(16-14-34)28(38)39-29(3,4)5/h9-12,17-18,23,27,31-32H,7-8,13-16,19H2,1-6H3,(H,30,37). The summed E-state index contributed by atoms with van der Waals surface area (Å²) in [5, 5.41) is 10.4. The molecule has 1 atom stereocenters. The molecule has 0 spiro atoms. The van der Waals surface area contributed by atoms with Gasteiger partial charge in [0.05, 0.1) is 0 Å². The van der Waals surface area contributed by atoms with Crippen LogP contribution in [0.3, 0.4) is 0 Å². The van der Waals surface area contributed by atoms with Crippen molar-refractivity contribution >= 4 is 23.9 Å². The number of fused-ring (bicyclic) bond motifs is 1. The monoisotopic (exact) mass is 537 g/mol. The molecule has 2 aliphatic rings. The number of ether oxygens (including phenoxy) is 1. The minimum Gasteiger partial charge on any atom is -0.444 e. The van der Waals surface area contributed by atoms with Crippen LogP contribution in [0.5, 0.6) is 0 Å². The predicted molar refractivity (Wildman–Crippen MR) is 153 cm³/mol. The molecule has 0 aliphatic carbocycles. The number of hydrogen-bond acceptors (Lipinski definition) is 7. The van der Waals surface area contributed by atoms with Crippen LogP contribution >= 0.6 is 0 Å². The molecule has 2 amide bonds. The Hall–Kier alpha value is -3.53. The van der Waals surface area contributed by atoms with Gasteiger partial charge in [0.2, 0.25) is 0 Å². The van der Waals surface area contributed by atoms with Crippen molar-refractivity contribution in [2.24, 2.45) is 4.99 Å². The summed E-state index contributed by atoms with van der Waals surface area (Å²) in [5.74, 6) is -0.105. The number of aromatic nitrogens is 1. The number of rotatable bonds is 8. The first-order chi connectivity index (χ1) is 18.6. The van der Waals surface area contributed by atoms with Crippen molar-refractivity contribution in [3.8, 4) is 0 Å². The van der Waals surface area contributed by atoms with Gasteiger partial charge in [-0.2, -0.15) is 0 Å². The van der Waals surface area contributed by atoms with Crippen molar-refractivity contribution in [3.63, 3.8) is 0 Å². The smallest absolute Gasteiger partial charge is 0.410 e. The Labute approximate surface area is 231 Å². The highest BCUT2D eigenvalue weighted by atomic mass is 16.6. The first-order valence-corrected chi connectivity index (χ1v) is 13.9. The number of amides is 2. The van der Waals surface area contributed by atoms with E-state index in [0.29, 0.717) is 18.8 Å². The van der Waals surface area contributed by atoms with E-state index in [-0.39, 0.29) is 24.3 Å². The van der Waals surface area contributed by atoms with Crippen LogP contribution in [0.2, 0.25) is 0 Å². The molecule has 1 fully saturated rings. The summed E-state index contributed by atoms with van der Waals surface area (Å²) < 4.78 is 7.57. The van der Waals surface area contributed by atoms with Gasteiger partial charge in [0.25, 0.3) is 5.91 Å². The lowest BCUT2D eigenvalue weighted by Crippen LogP contribution is -2.49. The Morgan fingerprint density at radius 1 is 1.10 bits per heavy atom. The number of hydrogen-bond donors (Lipinski definition) is 3. The molecule has 3 heterocycles. The zero-order chi connectivity index (χ0) is 28.2. The molecule has 212 valence electrons. The number of carbonyl (C=O) groups is 2. The third kappa shape index (κ3) is 6.92. The van der Waals surface area contributed by atoms with Crippen LogP contribution in [-0.4, -0.2) is 71.5 Å². The molecule has 0 radical (unpaired) electrons. The highest BCUT2D eigenvalue weighted by Crippen LogP contribution is 2.18. The summed E-state index contributed by atoms with van der Waals surface area (Å²) in [5.41, 5.74) is 3.15. The van der Waals surface area contributed by atoms with Crippen LogP contribution in [0.15, 0.2) is 35.3 Å². The largest absolute Gasteiger partial charge is 0.444 e. The maximum Gasteiger partial charge on any atom is 0.410 e. The topological polar surface area (TPSA) is 103 Å². The lowest BCUT2D eigenvalue weighted by Gasteiger charge is -2.35. The maximum atomic E-state index is 12.6. The van der Waals surface area contributed by atoms with E-state index in [1.54, 1.807) is 11.9 Å². The molecule has 4 rings (SSSR count). The van der Waals surface area contributed by atoms with Crippen molar-refractivity contribution < 1.29 is 14.3 Å². The molecule has 0 bridgehead atoms. The quantitative estimate of drug-likeness (QED) is 0.479. The summed E-state index contributed by atoms with van der Waals surface area (Å²) in [4.78, 5) is 34.0. The van der Waals surface area contributed by atoms with Crippen LogP contribution in [0, 0.1) is 0 Å². The third-order valence-corrected chi connectivity index (χ3v) is 7.14. The predicted octanol–water partition coefficient (Wildman–Crippen LogP) is 2.62. The number of carbonyl (C=O) groups excluding carboxylic acids is 2. The fraction of sp³-hybridized carbons (Fsp3) is 0.552. The van der Waals surface area contributed by atoms with E-state index in [9.17, 15) is 9.59 Å². The Kier molecular flexibility index (Phi) is 8.84. The van der Waals surface area contributed by atoms with Crippen LogP contribution < -0.4 is 26.7 Å². The minimum atomic E-state index is -0.475. The van der Waals surface area contributed by atoms with Gasteiger partial charge < -0.3 is 30.2 Å². The SMILES string of the molecule is CCC(CC)n1c(C(=O)NC)cc2c1=NC(Nc1ccc(CN3CCN(C(=O)OC(C)(C)C)CC3)cc1)NC=2. The highest BCUT2D eigenvalue weighted by molar-refractivity contribution is 5.92. The van der Waals surface area contributed by atoms with Crippen molar-refractivity contribution in [1.82, 2.24) is 25.0 Å². The van der Waals surface area contributed by atoms with E-state index in [1.165, 1.54) is 5.56 Å². The second-order valence-electron chi connectivity index (χ2n) is 11.2. The van der Waals surface area contributed by atoms with E-state index in [1.807, 2.05) is 33.0 Å². The van der Waals surface area contributed by atoms with Gasteiger partial charge in [-0.25, -0.2) is 9.79 Å². The molecule has 1 unspecified atom stereocenters. The number of nitrogens with one attached hydrogen (secondary N) is 3. The average molecular weight is 538 g/mol. The van der Waals surface area contributed by atoms with Crippen molar-refractivity contribution in [1.29, 1.82) is 0 Å². The minimum absolute atomic E-state index is 0.105. The number of piperazine rings is 1. The van der Waals surface area contributed by atoms with Gasteiger partial charge in [0, 0.05) is 62.9 Å². The maximum absolute atomic E-state index is 12.6. The summed E-state index contributed by atoms with van der Waals surface area (Å²) >= 11 is 0. The van der Waals surface area contributed by atoms with Crippen LogP contribution in [0.25, 0.3) is 6.20 Å². The van der Waals surface area contributed by atoms with Crippen molar-refractivity contribution in [3.05, 3.63) is 52.3 Å². The van der Waals surface area contributed by atoms with Crippen LogP contribution in [0.4, 0.5) is 10.5 Å². The molecule has 2 aromatic rings. The second-order valence-corrected chi connectivity index (χ2v) is 11.2. The summed E-state index contributed by atoms with van der Waals surface area (Å²) in [7, 11) is 1.66. The van der Waals surface area contributed by atoms with E-state index in [4.69, 9.17) is 9.73 Å². The first-order valence-electron chi connectivity index (χ1n) is 13.9. The lowest BCUT2D eigenvalue weighted by atomic mass is 10.1. The molecular formula is C29H43N7O3. The highest BCUT2D eigenvalue weighted by Gasteiger charge is 2.26. The molecule has 1 aromatic carbocycles. The Morgan fingerprint density at radius 3 is 2.36 bits per heavy atom. The number of benzene rings is 1. The molecule has 1 aromatic heterocycles. The molecule has 2 aliphatic heterocycles. The zero-order valence-electron chi connectivity index (χ0n) is 24.1. The lowest BCUT2D eigenvalue weighted by molar-refractivity contribution is 0.0139. The van der Waals surface area contributed by atoms with Gasteiger partial charge in [-0.15, -0.1) is 0 Å². The fourth-order valence-corrected chi connectivity index (χ4v) is 5.04. The molecular weight excluding hydrogens is 494 g/mol. The van der Waals surface area contributed by atoms with Gasteiger partial charge in [0.1, 0.15) is 16.8 Å².